The molecule has 0 rings (SSSR count). The number of aliphatic hydroxyl groups is 1. The molecule has 0 aromatic carbocycles. The fourth-order valence-corrected chi connectivity index (χ4v) is 1.76. The molecule has 2 atom stereocenters. The molecule has 0 aliphatic carbocycles. The van der Waals surface area contributed by atoms with Gasteiger partial charge in [0.25, 0.3) is 0 Å². The minimum Gasteiger partial charge on any atom is -0.478 e. The molecule has 0 aliphatic heterocycles. The van der Waals surface area contributed by atoms with Gasteiger partial charge in [0.05, 0.1) is 5.92 Å². The fraction of sp³-hybridized carbons (Fsp3) is 0.714. The van der Waals surface area contributed by atoms with Gasteiger partial charge >= 0.3 is 11.9 Å². The first-order valence-corrected chi connectivity index (χ1v) is 6.72. The van der Waals surface area contributed by atoms with Gasteiger partial charge in [-0.15, -0.1) is 0 Å². The Bertz CT molecular complexity index is 305. The monoisotopic (exact) mass is 272 g/mol. The minimum atomic E-state index is -1.15. The summed E-state index contributed by atoms with van der Waals surface area (Å²) in [6, 6.07) is 0. The number of hydrogen-bond acceptors (Lipinski definition) is 4. The number of hydrogen-bond donors (Lipinski definition) is 2. The number of carbonyl (C=O) groups excluding carboxylic acids is 1. The van der Waals surface area contributed by atoms with Crippen LogP contribution in [0.15, 0.2) is 12.2 Å². The highest BCUT2D eigenvalue weighted by molar-refractivity contribution is 5.79. The Kier molecular flexibility index (Phi) is 8.87. The average Bonchev–Trinajstić information content (AvgIpc) is 2.35. The Balaban J connectivity index is 4.39. The van der Waals surface area contributed by atoms with Crippen LogP contribution in [-0.2, 0) is 14.3 Å². The van der Waals surface area contributed by atoms with Crippen molar-refractivity contribution >= 4 is 11.9 Å². The number of carboxylic acids is 1. The lowest BCUT2D eigenvalue weighted by Gasteiger charge is -2.20. The maximum atomic E-state index is 11.9. The van der Waals surface area contributed by atoms with Crippen molar-refractivity contribution < 1.29 is 24.5 Å². The summed E-state index contributed by atoms with van der Waals surface area (Å²) in [7, 11) is 0. The molecule has 5 nitrogen and oxygen atoms in total. The summed E-state index contributed by atoms with van der Waals surface area (Å²) < 4.78 is 5.18. The topological polar surface area (TPSA) is 83.8 Å². The Hall–Kier alpha value is -1.36. The van der Waals surface area contributed by atoms with Gasteiger partial charge in [-0.2, -0.15) is 0 Å². The van der Waals surface area contributed by atoms with Gasteiger partial charge in [-0.3, -0.25) is 4.79 Å². The van der Waals surface area contributed by atoms with E-state index >= 15 is 0 Å². The molecule has 0 aromatic rings. The number of carbonyl (C=O) groups is 2. The molecule has 0 aliphatic rings. The molecule has 2 N–H and O–H groups in total. The molecule has 0 bridgehead atoms. The molecular weight excluding hydrogens is 248 g/mol. The van der Waals surface area contributed by atoms with Gasteiger partial charge in [0.15, 0.2) is 0 Å². The molecule has 0 fully saturated rings. The van der Waals surface area contributed by atoms with E-state index in [1.54, 1.807) is 6.92 Å². The van der Waals surface area contributed by atoms with Crippen LogP contribution in [0, 0.1) is 5.92 Å². The predicted molar refractivity (Wildman–Crippen MR) is 71.6 cm³/mol. The minimum absolute atomic E-state index is 0.145. The molecule has 0 radical (unpaired) electrons. The van der Waals surface area contributed by atoms with E-state index in [9.17, 15) is 14.7 Å². The zero-order valence-electron chi connectivity index (χ0n) is 11.8. The first-order valence-electron chi connectivity index (χ1n) is 6.72. The van der Waals surface area contributed by atoms with Crippen molar-refractivity contribution in [3.8, 4) is 0 Å². The molecule has 5 heteroatoms. The van der Waals surface area contributed by atoms with Crippen LogP contribution in [0.2, 0.25) is 0 Å². The summed E-state index contributed by atoms with van der Waals surface area (Å²) >= 11 is 0. The van der Waals surface area contributed by atoms with Crippen molar-refractivity contribution in [2.24, 2.45) is 5.92 Å². The van der Waals surface area contributed by atoms with E-state index in [-0.39, 0.29) is 11.9 Å². The van der Waals surface area contributed by atoms with Gasteiger partial charge in [0, 0.05) is 6.08 Å². The van der Waals surface area contributed by atoms with Gasteiger partial charge in [-0.05, 0) is 25.8 Å². The Morgan fingerprint density at radius 3 is 2.16 bits per heavy atom. The predicted octanol–water partition coefficient (Wildman–Crippen LogP) is 2.14. The average molecular weight is 272 g/mol. The number of rotatable bonds is 9. The third kappa shape index (κ3) is 7.62. The number of ether oxygens (including phenoxy) is 1. The van der Waals surface area contributed by atoms with Crippen LogP contribution in [-0.4, -0.2) is 34.4 Å². The fourth-order valence-electron chi connectivity index (χ4n) is 1.76. The van der Waals surface area contributed by atoms with Crippen molar-refractivity contribution in [3.05, 3.63) is 12.2 Å². The maximum absolute atomic E-state index is 11.9. The van der Waals surface area contributed by atoms with Gasteiger partial charge in [0.2, 0.25) is 0 Å². The summed E-state index contributed by atoms with van der Waals surface area (Å²) in [5.41, 5.74) is 0. The zero-order chi connectivity index (χ0) is 14.8. The van der Waals surface area contributed by atoms with Crippen molar-refractivity contribution in [2.75, 3.05) is 0 Å². The number of aliphatic carboxylic acids is 1. The molecule has 0 aromatic heterocycles. The standard InChI is InChI=1S/C14H24O5/c1-4-6-11(7-5-2)14(18)19-10(3)12(15)8-9-13(16)17/h8-12,15H,4-7H2,1-3H3,(H,16,17)/b9-8+. The van der Waals surface area contributed by atoms with Crippen LogP contribution in [0.1, 0.15) is 46.5 Å². The zero-order valence-corrected chi connectivity index (χ0v) is 11.8. The van der Waals surface area contributed by atoms with Gasteiger partial charge in [-0.1, -0.05) is 26.7 Å². The molecule has 19 heavy (non-hydrogen) atoms. The van der Waals surface area contributed by atoms with E-state index in [0.717, 1.165) is 37.8 Å². The van der Waals surface area contributed by atoms with Gasteiger partial charge in [0.1, 0.15) is 12.2 Å². The van der Waals surface area contributed by atoms with Crippen LogP contribution < -0.4 is 0 Å². The van der Waals surface area contributed by atoms with Crippen molar-refractivity contribution in [1.82, 2.24) is 0 Å². The summed E-state index contributed by atoms with van der Waals surface area (Å²) in [4.78, 5) is 22.2. The van der Waals surface area contributed by atoms with E-state index < -0.39 is 18.2 Å². The molecule has 0 heterocycles. The van der Waals surface area contributed by atoms with Crippen molar-refractivity contribution in [3.63, 3.8) is 0 Å². The van der Waals surface area contributed by atoms with Gasteiger partial charge in [-0.25, -0.2) is 4.79 Å². The SMILES string of the molecule is CCCC(CCC)C(=O)OC(C)C(O)/C=C/C(=O)O. The summed E-state index contributed by atoms with van der Waals surface area (Å²) in [6.07, 6.45) is 3.41. The summed E-state index contributed by atoms with van der Waals surface area (Å²) in [5, 5.41) is 18.1. The smallest absolute Gasteiger partial charge is 0.328 e. The molecule has 0 spiro atoms. The third-order valence-electron chi connectivity index (χ3n) is 2.83. The van der Waals surface area contributed by atoms with Crippen LogP contribution >= 0.6 is 0 Å². The number of esters is 1. The second kappa shape index (κ2) is 9.55. The molecule has 0 saturated heterocycles. The lowest BCUT2D eigenvalue weighted by molar-refractivity contribution is -0.157. The highest BCUT2D eigenvalue weighted by Gasteiger charge is 2.23. The Labute approximate surface area is 114 Å². The Morgan fingerprint density at radius 1 is 1.21 bits per heavy atom. The van der Waals surface area contributed by atoms with Crippen LogP contribution in [0.4, 0.5) is 0 Å². The second-order valence-electron chi connectivity index (χ2n) is 4.60. The molecule has 2 unspecified atom stereocenters. The van der Waals surface area contributed by atoms with E-state index in [1.165, 1.54) is 0 Å². The summed E-state index contributed by atoms with van der Waals surface area (Å²) in [6.45, 7) is 5.55. The number of aliphatic hydroxyl groups excluding tert-OH is 1. The first kappa shape index (κ1) is 17.6. The molecular formula is C14H24O5. The lowest BCUT2D eigenvalue weighted by Crippen LogP contribution is -2.30. The lowest BCUT2D eigenvalue weighted by atomic mass is 9.98. The largest absolute Gasteiger partial charge is 0.478 e. The van der Waals surface area contributed by atoms with E-state index in [0.29, 0.717) is 0 Å². The maximum Gasteiger partial charge on any atom is 0.328 e. The molecule has 0 amide bonds. The van der Waals surface area contributed by atoms with Crippen LogP contribution in [0.5, 0.6) is 0 Å². The third-order valence-corrected chi connectivity index (χ3v) is 2.83. The van der Waals surface area contributed by atoms with Gasteiger partial charge < -0.3 is 14.9 Å². The number of carboxylic acid groups (broad SMARTS) is 1. The first-order chi connectivity index (χ1) is 8.92. The molecule has 110 valence electrons. The Morgan fingerprint density at radius 2 is 1.74 bits per heavy atom. The van der Waals surface area contributed by atoms with Crippen LogP contribution in [0.25, 0.3) is 0 Å². The highest BCUT2D eigenvalue weighted by atomic mass is 16.6. The van der Waals surface area contributed by atoms with Crippen molar-refractivity contribution in [2.45, 2.75) is 58.7 Å². The van der Waals surface area contributed by atoms with E-state index in [1.807, 2.05) is 13.8 Å². The van der Waals surface area contributed by atoms with Crippen molar-refractivity contribution in [1.29, 1.82) is 0 Å². The second-order valence-corrected chi connectivity index (χ2v) is 4.60. The van der Waals surface area contributed by atoms with E-state index in [2.05, 4.69) is 0 Å². The summed E-state index contributed by atoms with van der Waals surface area (Å²) in [5.74, 6) is -1.61. The van der Waals surface area contributed by atoms with E-state index in [4.69, 9.17) is 9.84 Å². The quantitative estimate of drug-likeness (QED) is 0.496. The molecule has 0 saturated carbocycles. The normalized spacial score (nSPS) is 14.6. The van der Waals surface area contributed by atoms with Crippen LogP contribution in [0.3, 0.4) is 0 Å². The highest BCUT2D eigenvalue weighted by Crippen LogP contribution is 2.17.